The predicted octanol–water partition coefficient (Wildman–Crippen LogP) is 3.41. The molecule has 20 heavy (non-hydrogen) atoms. The molecule has 2 heteroatoms. The molecule has 2 unspecified atom stereocenters. The summed E-state index contributed by atoms with van der Waals surface area (Å²) in [5.41, 5.74) is 5.08. The second-order valence-corrected chi connectivity index (χ2v) is 5.73. The van der Waals surface area contributed by atoms with E-state index in [1.807, 2.05) is 12.3 Å². The molecule has 104 valence electrons. The van der Waals surface area contributed by atoms with Gasteiger partial charge in [0.15, 0.2) is 0 Å². The zero-order valence-electron chi connectivity index (χ0n) is 11.9. The van der Waals surface area contributed by atoms with Gasteiger partial charge in [0, 0.05) is 17.8 Å². The van der Waals surface area contributed by atoms with Crippen LogP contribution < -0.4 is 0 Å². The molecule has 1 aliphatic carbocycles. The van der Waals surface area contributed by atoms with E-state index in [4.69, 9.17) is 0 Å². The number of fused-ring (bicyclic) bond motifs is 1. The van der Waals surface area contributed by atoms with Crippen molar-refractivity contribution in [2.45, 2.75) is 44.6 Å². The van der Waals surface area contributed by atoms with E-state index in [1.165, 1.54) is 16.7 Å². The lowest BCUT2D eigenvalue weighted by atomic mass is 9.93. The van der Waals surface area contributed by atoms with Crippen LogP contribution in [0.25, 0.3) is 0 Å². The summed E-state index contributed by atoms with van der Waals surface area (Å²) in [7, 11) is 0. The molecule has 1 aromatic heterocycles. The second-order valence-electron chi connectivity index (χ2n) is 5.73. The maximum absolute atomic E-state index is 10.5. The average Bonchev–Trinajstić information content (AvgIpc) is 2.90. The normalized spacial score (nSPS) is 18.8. The number of hydrogen-bond acceptors (Lipinski definition) is 2. The van der Waals surface area contributed by atoms with Crippen molar-refractivity contribution in [1.82, 2.24) is 4.98 Å². The third-order valence-electron chi connectivity index (χ3n) is 4.44. The molecule has 2 nitrogen and oxygen atoms in total. The van der Waals surface area contributed by atoms with Gasteiger partial charge in [-0.1, -0.05) is 30.3 Å². The molecule has 1 aromatic carbocycles. The van der Waals surface area contributed by atoms with Gasteiger partial charge in [-0.25, -0.2) is 0 Å². The highest BCUT2D eigenvalue weighted by molar-refractivity contribution is 5.30. The van der Waals surface area contributed by atoms with Crippen LogP contribution in [0.4, 0.5) is 0 Å². The molecule has 1 heterocycles. The molecule has 2 atom stereocenters. The molecule has 0 saturated heterocycles. The summed E-state index contributed by atoms with van der Waals surface area (Å²) >= 11 is 0. The zero-order valence-corrected chi connectivity index (χ0v) is 11.9. The van der Waals surface area contributed by atoms with Crippen LogP contribution in [0.2, 0.25) is 0 Å². The van der Waals surface area contributed by atoms with Gasteiger partial charge in [-0.2, -0.15) is 0 Å². The van der Waals surface area contributed by atoms with Gasteiger partial charge in [-0.15, -0.1) is 0 Å². The van der Waals surface area contributed by atoms with E-state index in [1.54, 1.807) is 0 Å². The minimum Gasteiger partial charge on any atom is -0.392 e. The fraction of sp³-hybridized carbons (Fsp3) is 0.389. The van der Waals surface area contributed by atoms with Gasteiger partial charge in [0.1, 0.15) is 0 Å². The van der Waals surface area contributed by atoms with Gasteiger partial charge in [0.25, 0.3) is 0 Å². The van der Waals surface area contributed by atoms with Crippen molar-refractivity contribution in [2.75, 3.05) is 0 Å². The Balaban J connectivity index is 1.66. The summed E-state index contributed by atoms with van der Waals surface area (Å²) in [5, 5.41) is 10.5. The van der Waals surface area contributed by atoms with Gasteiger partial charge >= 0.3 is 0 Å². The number of aromatic nitrogens is 1. The van der Waals surface area contributed by atoms with Crippen LogP contribution in [0.3, 0.4) is 0 Å². The third kappa shape index (κ3) is 2.61. The van der Waals surface area contributed by atoms with Crippen LogP contribution >= 0.6 is 0 Å². The lowest BCUT2D eigenvalue weighted by Crippen LogP contribution is -2.18. The summed E-state index contributed by atoms with van der Waals surface area (Å²) in [5.74, 6) is 0.218. The zero-order chi connectivity index (χ0) is 13.9. The van der Waals surface area contributed by atoms with E-state index < -0.39 is 0 Å². The topological polar surface area (TPSA) is 33.1 Å². The standard InChI is InChI=1S/C18H21NO/c1-13-5-2-3-6-14(13)9-11-17(20)16-10-8-15-7-4-12-19-18(15)16/h2-7,12,16-17,20H,8-11H2,1H3. The van der Waals surface area contributed by atoms with E-state index in [0.29, 0.717) is 0 Å². The van der Waals surface area contributed by atoms with E-state index in [0.717, 1.165) is 31.4 Å². The van der Waals surface area contributed by atoms with Gasteiger partial charge in [0.2, 0.25) is 0 Å². The monoisotopic (exact) mass is 267 g/mol. The van der Waals surface area contributed by atoms with Crippen molar-refractivity contribution in [3.63, 3.8) is 0 Å². The lowest BCUT2D eigenvalue weighted by molar-refractivity contribution is 0.132. The summed E-state index contributed by atoms with van der Waals surface area (Å²) in [6.45, 7) is 2.13. The summed E-state index contributed by atoms with van der Waals surface area (Å²) in [6, 6.07) is 12.5. The van der Waals surface area contributed by atoms with Gasteiger partial charge in [-0.05, 0) is 55.4 Å². The third-order valence-corrected chi connectivity index (χ3v) is 4.44. The molecule has 0 fully saturated rings. The molecule has 1 aliphatic rings. The number of pyridine rings is 1. The smallest absolute Gasteiger partial charge is 0.0627 e. The molecule has 0 aliphatic heterocycles. The molecular weight excluding hydrogens is 246 g/mol. The first kappa shape index (κ1) is 13.3. The number of rotatable bonds is 4. The predicted molar refractivity (Wildman–Crippen MR) is 80.8 cm³/mol. The first-order valence-electron chi connectivity index (χ1n) is 7.42. The Hall–Kier alpha value is -1.67. The van der Waals surface area contributed by atoms with E-state index in [-0.39, 0.29) is 12.0 Å². The van der Waals surface area contributed by atoms with Crippen molar-refractivity contribution in [1.29, 1.82) is 0 Å². The molecule has 0 amide bonds. The molecule has 1 N–H and O–H groups in total. The van der Waals surface area contributed by atoms with Crippen LogP contribution in [-0.2, 0) is 12.8 Å². The summed E-state index contributed by atoms with van der Waals surface area (Å²) in [4.78, 5) is 4.47. The Morgan fingerprint density at radius 3 is 2.95 bits per heavy atom. The first-order chi connectivity index (χ1) is 9.75. The van der Waals surface area contributed by atoms with E-state index in [2.05, 4.69) is 42.2 Å². The number of hydrogen-bond donors (Lipinski definition) is 1. The molecule has 0 bridgehead atoms. The Morgan fingerprint density at radius 1 is 1.25 bits per heavy atom. The highest BCUT2D eigenvalue weighted by Gasteiger charge is 2.29. The minimum atomic E-state index is -0.286. The maximum atomic E-state index is 10.5. The first-order valence-corrected chi connectivity index (χ1v) is 7.42. The van der Waals surface area contributed by atoms with E-state index in [9.17, 15) is 5.11 Å². The Bertz CT molecular complexity index is 593. The largest absolute Gasteiger partial charge is 0.392 e. The highest BCUT2D eigenvalue weighted by Crippen LogP contribution is 2.35. The molecule has 0 radical (unpaired) electrons. The van der Waals surface area contributed by atoms with Crippen molar-refractivity contribution in [3.8, 4) is 0 Å². The van der Waals surface area contributed by atoms with Crippen LogP contribution in [-0.4, -0.2) is 16.2 Å². The van der Waals surface area contributed by atoms with E-state index >= 15 is 0 Å². The molecule has 0 saturated carbocycles. The second kappa shape index (κ2) is 5.76. The number of aliphatic hydroxyl groups is 1. The van der Waals surface area contributed by atoms with Crippen molar-refractivity contribution in [3.05, 3.63) is 65.0 Å². The summed E-state index contributed by atoms with van der Waals surface area (Å²) in [6.07, 6.45) is 5.38. The summed E-state index contributed by atoms with van der Waals surface area (Å²) < 4.78 is 0. The highest BCUT2D eigenvalue weighted by atomic mass is 16.3. The molecule has 2 aromatic rings. The Morgan fingerprint density at radius 2 is 2.10 bits per heavy atom. The molecular formula is C18H21NO. The fourth-order valence-electron chi connectivity index (χ4n) is 3.21. The number of benzene rings is 1. The van der Waals surface area contributed by atoms with Gasteiger partial charge in [0.05, 0.1) is 6.10 Å². The fourth-order valence-corrected chi connectivity index (χ4v) is 3.21. The van der Waals surface area contributed by atoms with Crippen molar-refractivity contribution >= 4 is 0 Å². The van der Waals surface area contributed by atoms with Gasteiger partial charge in [-0.3, -0.25) is 4.98 Å². The number of aryl methyl sites for hydroxylation is 3. The van der Waals surface area contributed by atoms with Crippen molar-refractivity contribution < 1.29 is 5.11 Å². The van der Waals surface area contributed by atoms with Crippen LogP contribution in [0.1, 0.15) is 41.1 Å². The number of nitrogens with zero attached hydrogens (tertiary/aromatic N) is 1. The van der Waals surface area contributed by atoms with Crippen molar-refractivity contribution in [2.24, 2.45) is 0 Å². The molecule has 3 rings (SSSR count). The quantitative estimate of drug-likeness (QED) is 0.921. The van der Waals surface area contributed by atoms with Crippen LogP contribution in [0.15, 0.2) is 42.6 Å². The number of aliphatic hydroxyl groups excluding tert-OH is 1. The lowest BCUT2D eigenvalue weighted by Gasteiger charge is -2.18. The Kier molecular flexibility index (Phi) is 3.83. The average molecular weight is 267 g/mol. The molecule has 0 spiro atoms. The van der Waals surface area contributed by atoms with Gasteiger partial charge < -0.3 is 5.11 Å². The Labute approximate surface area is 120 Å². The van der Waals surface area contributed by atoms with Crippen LogP contribution in [0.5, 0.6) is 0 Å². The SMILES string of the molecule is Cc1ccccc1CCC(O)C1CCc2cccnc21. The van der Waals surface area contributed by atoms with Crippen LogP contribution in [0, 0.1) is 6.92 Å². The maximum Gasteiger partial charge on any atom is 0.0627 e. The minimum absolute atomic E-state index is 0.218.